The second-order valence-corrected chi connectivity index (χ2v) is 9.95. The third-order valence-electron chi connectivity index (χ3n) is 6.10. The number of hydrogen-bond donors (Lipinski definition) is 6. The largest absolute Gasteiger partial charge is 0.491 e. The molecule has 0 spiro atoms. The molecule has 0 aromatic heterocycles. The Morgan fingerprint density at radius 3 is 2.38 bits per heavy atom. The Hall–Kier alpha value is -3.71. The molecule has 0 fully saturated rings. The van der Waals surface area contributed by atoms with Crippen molar-refractivity contribution in [3.8, 4) is 5.75 Å². The fourth-order valence-electron chi connectivity index (χ4n) is 3.93. The number of carbonyl (C=O) groups excluding carboxylic acids is 5. The Labute approximate surface area is 234 Å². The first-order valence-electron chi connectivity index (χ1n) is 13.4. The Morgan fingerprint density at radius 1 is 1.05 bits per heavy atom. The number of ether oxygens (including phenoxy) is 2. The molecular weight excluding hydrogens is 522 g/mol. The number of amides is 5. The van der Waals surface area contributed by atoms with Crippen molar-refractivity contribution in [2.45, 2.75) is 71.3 Å². The summed E-state index contributed by atoms with van der Waals surface area (Å²) in [6.07, 6.45) is -1.86. The van der Waals surface area contributed by atoms with Crippen LogP contribution in [0.3, 0.4) is 0 Å². The number of fused-ring (bicyclic) bond motifs is 1. The van der Waals surface area contributed by atoms with Crippen LogP contribution in [0.4, 0.5) is 0 Å². The van der Waals surface area contributed by atoms with Crippen LogP contribution in [0.25, 0.3) is 0 Å². The number of para-hydroxylation sites is 1. The molecule has 1 aliphatic heterocycles. The lowest BCUT2D eigenvalue weighted by Gasteiger charge is -2.27. The van der Waals surface area contributed by atoms with Crippen LogP contribution in [0.1, 0.15) is 51.4 Å². The molecule has 40 heavy (non-hydrogen) atoms. The Kier molecular flexibility index (Phi) is 12.8. The van der Waals surface area contributed by atoms with Crippen LogP contribution in [0, 0.1) is 5.92 Å². The SMILES string of the molecule is CCOCCNC(=O)[C@@H]1CC(=O)N[C@@H]([C@@H](C)O)C(=O)N[C@H](C(C)C)C(=O)N[C@@H](C)COc2ccccc2C(=O)N1. The van der Waals surface area contributed by atoms with E-state index in [2.05, 4.69) is 26.6 Å². The molecule has 0 bridgehead atoms. The first kappa shape index (κ1) is 32.5. The standard InChI is InChI=1S/C27H41N5O8/c1-6-39-12-11-28-25(36)19-13-21(34)31-23(17(5)33)27(38)32-22(15(2)3)26(37)29-16(4)14-40-20-10-8-7-9-18(20)24(35)30-19/h7-10,15-17,19,22-23,33H,6,11-14H2,1-5H3,(H,28,36)(H,29,37)(H,30,35)(H,31,34)(H,32,38)/t16-,17+,19-,22+,23-/m0/s1. The van der Waals surface area contributed by atoms with Gasteiger partial charge in [-0.1, -0.05) is 26.0 Å². The lowest BCUT2D eigenvalue weighted by Crippen LogP contribution is -2.59. The number of aliphatic hydroxyl groups is 1. The normalized spacial score (nSPS) is 23.9. The number of benzene rings is 1. The number of nitrogens with one attached hydrogen (secondary N) is 5. The van der Waals surface area contributed by atoms with Gasteiger partial charge >= 0.3 is 0 Å². The minimum atomic E-state index is -1.42. The van der Waals surface area contributed by atoms with Crippen molar-refractivity contribution in [2.24, 2.45) is 5.92 Å². The highest BCUT2D eigenvalue weighted by atomic mass is 16.5. The minimum Gasteiger partial charge on any atom is -0.491 e. The summed E-state index contributed by atoms with van der Waals surface area (Å²) in [5.41, 5.74) is 0.122. The first-order valence-corrected chi connectivity index (χ1v) is 13.4. The highest BCUT2D eigenvalue weighted by Gasteiger charge is 2.33. The van der Waals surface area contributed by atoms with Gasteiger partial charge in [-0.25, -0.2) is 0 Å². The van der Waals surface area contributed by atoms with Gasteiger partial charge in [0.15, 0.2) is 0 Å². The van der Waals surface area contributed by atoms with Gasteiger partial charge in [0.1, 0.15) is 30.5 Å². The Bertz CT molecular complexity index is 1050. The van der Waals surface area contributed by atoms with Gasteiger partial charge < -0.3 is 41.2 Å². The second-order valence-electron chi connectivity index (χ2n) is 9.95. The molecule has 2 rings (SSSR count). The van der Waals surface area contributed by atoms with Crippen molar-refractivity contribution in [3.63, 3.8) is 0 Å². The molecule has 0 saturated heterocycles. The van der Waals surface area contributed by atoms with E-state index in [1.807, 2.05) is 0 Å². The van der Waals surface area contributed by atoms with E-state index in [0.717, 1.165) is 0 Å². The van der Waals surface area contributed by atoms with Gasteiger partial charge in [0.05, 0.1) is 30.7 Å². The molecule has 13 heteroatoms. The minimum absolute atomic E-state index is 0.00643. The van der Waals surface area contributed by atoms with E-state index < -0.39 is 66.2 Å². The van der Waals surface area contributed by atoms with Crippen molar-refractivity contribution in [2.75, 3.05) is 26.4 Å². The zero-order valence-electron chi connectivity index (χ0n) is 23.6. The maximum absolute atomic E-state index is 13.2. The maximum Gasteiger partial charge on any atom is 0.255 e. The zero-order valence-corrected chi connectivity index (χ0v) is 23.6. The number of rotatable bonds is 7. The van der Waals surface area contributed by atoms with Crippen LogP contribution in [0.5, 0.6) is 5.75 Å². The summed E-state index contributed by atoms with van der Waals surface area (Å²) < 4.78 is 11.0. The van der Waals surface area contributed by atoms with Gasteiger partial charge in [0.25, 0.3) is 5.91 Å². The van der Waals surface area contributed by atoms with Crippen LogP contribution in [-0.4, -0.2) is 91.3 Å². The third-order valence-corrected chi connectivity index (χ3v) is 6.10. The molecule has 0 aliphatic carbocycles. The quantitative estimate of drug-likeness (QED) is 0.234. The van der Waals surface area contributed by atoms with E-state index >= 15 is 0 Å². The summed E-state index contributed by atoms with van der Waals surface area (Å²) in [4.78, 5) is 65.2. The van der Waals surface area contributed by atoms with Crippen molar-refractivity contribution >= 4 is 29.5 Å². The van der Waals surface area contributed by atoms with E-state index in [1.54, 1.807) is 45.9 Å². The molecule has 13 nitrogen and oxygen atoms in total. The fourth-order valence-corrected chi connectivity index (χ4v) is 3.93. The predicted molar refractivity (Wildman–Crippen MR) is 145 cm³/mol. The molecule has 1 aromatic rings. The molecule has 222 valence electrons. The molecule has 0 unspecified atom stereocenters. The van der Waals surface area contributed by atoms with Gasteiger partial charge in [-0.15, -0.1) is 0 Å². The molecule has 0 saturated carbocycles. The lowest BCUT2D eigenvalue weighted by molar-refractivity contribution is -0.135. The van der Waals surface area contributed by atoms with E-state index in [1.165, 1.54) is 13.0 Å². The van der Waals surface area contributed by atoms with E-state index in [0.29, 0.717) is 6.61 Å². The zero-order chi connectivity index (χ0) is 29.8. The molecule has 5 atom stereocenters. The second kappa shape index (κ2) is 15.8. The summed E-state index contributed by atoms with van der Waals surface area (Å²) >= 11 is 0. The summed E-state index contributed by atoms with van der Waals surface area (Å²) in [5.74, 6) is -3.45. The number of aliphatic hydroxyl groups excluding tert-OH is 1. The number of carbonyl (C=O) groups is 5. The van der Waals surface area contributed by atoms with Crippen LogP contribution in [0.15, 0.2) is 24.3 Å². The summed E-state index contributed by atoms with van der Waals surface area (Å²) in [5, 5.41) is 23.3. The maximum atomic E-state index is 13.2. The topological polar surface area (TPSA) is 184 Å². The molecule has 1 aliphatic rings. The number of hydrogen-bond acceptors (Lipinski definition) is 8. The molecule has 1 aromatic carbocycles. The lowest BCUT2D eigenvalue weighted by atomic mass is 10.0. The Morgan fingerprint density at radius 2 is 1.73 bits per heavy atom. The van der Waals surface area contributed by atoms with Gasteiger partial charge in [-0.3, -0.25) is 24.0 Å². The predicted octanol–water partition coefficient (Wildman–Crippen LogP) is -0.769. The van der Waals surface area contributed by atoms with Crippen LogP contribution in [0.2, 0.25) is 0 Å². The highest BCUT2D eigenvalue weighted by molar-refractivity contribution is 6.01. The molecule has 0 radical (unpaired) electrons. The summed E-state index contributed by atoms with van der Waals surface area (Å²) in [7, 11) is 0. The van der Waals surface area contributed by atoms with Crippen LogP contribution < -0.4 is 31.3 Å². The van der Waals surface area contributed by atoms with Crippen molar-refractivity contribution in [1.29, 1.82) is 0 Å². The van der Waals surface area contributed by atoms with Crippen molar-refractivity contribution in [3.05, 3.63) is 29.8 Å². The Balaban J connectivity index is 2.42. The first-order chi connectivity index (χ1) is 18.9. The van der Waals surface area contributed by atoms with Gasteiger partial charge in [0.2, 0.25) is 23.6 Å². The molecule has 1 heterocycles. The molecule has 6 N–H and O–H groups in total. The highest BCUT2D eigenvalue weighted by Crippen LogP contribution is 2.19. The van der Waals surface area contributed by atoms with Gasteiger partial charge in [-0.05, 0) is 38.8 Å². The van der Waals surface area contributed by atoms with Crippen LogP contribution >= 0.6 is 0 Å². The monoisotopic (exact) mass is 563 g/mol. The summed E-state index contributed by atoms with van der Waals surface area (Å²) in [6, 6.07) is 2.16. The van der Waals surface area contributed by atoms with Crippen molar-refractivity contribution < 1.29 is 38.6 Å². The molecule has 5 amide bonds. The van der Waals surface area contributed by atoms with Gasteiger partial charge in [-0.2, -0.15) is 0 Å². The molecular formula is C27H41N5O8. The van der Waals surface area contributed by atoms with E-state index in [9.17, 15) is 29.1 Å². The fraction of sp³-hybridized carbons (Fsp3) is 0.593. The van der Waals surface area contributed by atoms with Crippen LogP contribution in [-0.2, 0) is 23.9 Å². The average molecular weight is 564 g/mol. The summed E-state index contributed by atoms with van der Waals surface area (Å²) in [6.45, 7) is 9.15. The van der Waals surface area contributed by atoms with Gasteiger partial charge in [0, 0.05) is 13.2 Å². The average Bonchev–Trinajstić information content (AvgIpc) is 2.90. The smallest absolute Gasteiger partial charge is 0.255 e. The van der Waals surface area contributed by atoms with E-state index in [4.69, 9.17) is 9.47 Å². The van der Waals surface area contributed by atoms with E-state index in [-0.39, 0.29) is 37.0 Å². The third kappa shape index (κ3) is 9.79. The van der Waals surface area contributed by atoms with Crippen molar-refractivity contribution in [1.82, 2.24) is 26.6 Å².